The first-order chi connectivity index (χ1) is 11.4. The maximum absolute atomic E-state index is 12.6. The van der Waals surface area contributed by atoms with Crippen LogP contribution < -0.4 is 4.74 Å². The van der Waals surface area contributed by atoms with Crippen molar-refractivity contribution >= 4 is 12.4 Å². The number of nitrogens with zero attached hydrogens (tertiary/aromatic N) is 2. The molecule has 1 atom stereocenters. The molecule has 25 heavy (non-hydrogen) atoms. The highest BCUT2D eigenvalue weighted by atomic mass is 35.5. The molecule has 136 valence electrons. The number of benzene rings is 2. The van der Waals surface area contributed by atoms with Gasteiger partial charge in [-0.25, -0.2) is 0 Å². The van der Waals surface area contributed by atoms with Gasteiger partial charge in [0.15, 0.2) is 0 Å². The molecule has 1 unspecified atom stereocenters. The fourth-order valence-electron chi connectivity index (χ4n) is 2.19. The van der Waals surface area contributed by atoms with Crippen LogP contribution >= 0.6 is 12.4 Å². The Bertz CT molecular complexity index is 651. The number of rotatable bonds is 7. The first kappa shape index (κ1) is 20.8. The number of hydrogen-bond acceptors (Lipinski definition) is 3. The van der Waals surface area contributed by atoms with E-state index in [1.54, 1.807) is 7.05 Å². The van der Waals surface area contributed by atoms with Gasteiger partial charge in [-0.2, -0.15) is 13.2 Å². The summed E-state index contributed by atoms with van der Waals surface area (Å²) >= 11 is 0. The molecule has 8 heteroatoms. The van der Waals surface area contributed by atoms with Gasteiger partial charge in [-0.05, 0) is 29.8 Å². The lowest BCUT2D eigenvalue weighted by molar-refractivity contribution is -0.137. The maximum Gasteiger partial charge on any atom is 0.416 e. The molecule has 4 nitrogen and oxygen atoms in total. The van der Waals surface area contributed by atoms with Crippen LogP contribution in [-0.2, 0) is 6.18 Å². The predicted molar refractivity (Wildman–Crippen MR) is 91.5 cm³/mol. The van der Waals surface area contributed by atoms with Gasteiger partial charge < -0.3 is 4.74 Å². The molecule has 2 aromatic carbocycles. The molecule has 2 aromatic rings. The molecule has 0 aromatic heterocycles. The molecule has 0 saturated carbocycles. The fraction of sp³-hybridized carbons (Fsp3) is 0.294. The van der Waals surface area contributed by atoms with Crippen LogP contribution in [0.3, 0.4) is 0 Å². The zero-order chi connectivity index (χ0) is 17.6. The van der Waals surface area contributed by atoms with Crippen LogP contribution in [0.1, 0.15) is 23.7 Å². The molecule has 0 N–H and O–H groups in total. The van der Waals surface area contributed by atoms with E-state index in [2.05, 4.69) is 5.29 Å². The molecule has 0 fully saturated rings. The quantitative estimate of drug-likeness (QED) is 0.491. The SMILES string of the molecule is CN(CCC(Oc1ccc(C(F)(F)F)cc1)c1ccccc1)N=O.Cl. The van der Waals surface area contributed by atoms with Crippen molar-refractivity contribution in [3.63, 3.8) is 0 Å². The topological polar surface area (TPSA) is 41.9 Å². The van der Waals surface area contributed by atoms with Crippen LogP contribution in [0.4, 0.5) is 13.2 Å². The maximum atomic E-state index is 12.6. The normalized spacial score (nSPS) is 12.0. The van der Waals surface area contributed by atoms with Crippen LogP contribution in [0.5, 0.6) is 5.75 Å². The smallest absolute Gasteiger partial charge is 0.416 e. The third kappa shape index (κ3) is 6.26. The lowest BCUT2D eigenvalue weighted by Gasteiger charge is -2.21. The Morgan fingerprint density at radius 3 is 2.20 bits per heavy atom. The Morgan fingerprint density at radius 2 is 1.68 bits per heavy atom. The summed E-state index contributed by atoms with van der Waals surface area (Å²) in [4.78, 5) is 10.5. The van der Waals surface area contributed by atoms with E-state index in [0.717, 1.165) is 17.7 Å². The monoisotopic (exact) mass is 374 g/mol. The number of ether oxygens (including phenoxy) is 1. The van der Waals surface area contributed by atoms with Crippen LogP contribution in [0.25, 0.3) is 0 Å². The molecule has 0 aliphatic carbocycles. The predicted octanol–water partition coefficient (Wildman–Crippen LogP) is 5.25. The first-order valence-electron chi connectivity index (χ1n) is 7.33. The second-order valence-corrected chi connectivity index (χ2v) is 5.29. The van der Waals surface area contributed by atoms with Crippen molar-refractivity contribution in [2.24, 2.45) is 5.29 Å². The van der Waals surface area contributed by atoms with Gasteiger partial charge in [0, 0.05) is 20.0 Å². The third-order valence-corrected chi connectivity index (χ3v) is 3.49. The molecular weight excluding hydrogens is 357 g/mol. The molecular formula is C17H18ClF3N2O2. The Labute approximate surface area is 150 Å². The summed E-state index contributed by atoms with van der Waals surface area (Å²) in [5.74, 6) is 0.332. The lowest BCUT2D eigenvalue weighted by Crippen LogP contribution is -2.18. The first-order valence-corrected chi connectivity index (χ1v) is 7.33. The molecule has 0 bridgehead atoms. The lowest BCUT2D eigenvalue weighted by atomic mass is 10.1. The van der Waals surface area contributed by atoms with E-state index in [4.69, 9.17) is 4.74 Å². The van der Waals surface area contributed by atoms with E-state index in [0.29, 0.717) is 18.7 Å². The van der Waals surface area contributed by atoms with Crippen LogP contribution in [-0.4, -0.2) is 18.6 Å². The van der Waals surface area contributed by atoms with E-state index in [9.17, 15) is 18.1 Å². The van der Waals surface area contributed by atoms with Crippen molar-refractivity contribution in [2.75, 3.05) is 13.6 Å². The van der Waals surface area contributed by atoms with Crippen molar-refractivity contribution in [3.05, 3.63) is 70.6 Å². The van der Waals surface area contributed by atoms with Gasteiger partial charge in [-0.3, -0.25) is 5.01 Å². The van der Waals surface area contributed by atoms with Gasteiger partial charge in [-0.15, -0.1) is 17.3 Å². The summed E-state index contributed by atoms with van der Waals surface area (Å²) in [7, 11) is 1.55. The number of alkyl halides is 3. The molecule has 0 amide bonds. The average Bonchev–Trinajstić information content (AvgIpc) is 2.58. The van der Waals surface area contributed by atoms with Crippen molar-refractivity contribution in [1.29, 1.82) is 0 Å². The zero-order valence-electron chi connectivity index (χ0n) is 13.4. The minimum Gasteiger partial charge on any atom is -0.486 e. The van der Waals surface area contributed by atoms with Gasteiger partial charge in [-0.1, -0.05) is 30.3 Å². The van der Waals surface area contributed by atoms with E-state index >= 15 is 0 Å². The molecule has 2 rings (SSSR count). The van der Waals surface area contributed by atoms with Crippen molar-refractivity contribution in [2.45, 2.75) is 18.7 Å². The van der Waals surface area contributed by atoms with Crippen molar-refractivity contribution in [3.8, 4) is 5.75 Å². The average molecular weight is 375 g/mol. The number of nitroso groups, excluding NO2 is 1. The standard InChI is InChI=1S/C17H17F3N2O2.ClH/c1-22(21-23)12-11-16(13-5-3-2-4-6-13)24-15-9-7-14(8-10-15)17(18,19)20;/h2-10,16H,11-12H2,1H3;1H. The van der Waals surface area contributed by atoms with Gasteiger partial charge in [0.25, 0.3) is 0 Å². The third-order valence-electron chi connectivity index (χ3n) is 3.49. The molecule has 0 aliphatic rings. The van der Waals surface area contributed by atoms with Crippen LogP contribution in [0, 0.1) is 4.91 Å². The second-order valence-electron chi connectivity index (χ2n) is 5.29. The highest BCUT2D eigenvalue weighted by Crippen LogP contribution is 2.32. The Morgan fingerprint density at radius 1 is 1.08 bits per heavy atom. The number of halogens is 4. The molecule has 0 saturated heterocycles. The number of hydrogen-bond donors (Lipinski definition) is 0. The summed E-state index contributed by atoms with van der Waals surface area (Å²) < 4.78 is 43.7. The minimum atomic E-state index is -4.38. The fourth-order valence-corrected chi connectivity index (χ4v) is 2.19. The molecule has 0 radical (unpaired) electrons. The van der Waals surface area contributed by atoms with Crippen LogP contribution in [0.2, 0.25) is 0 Å². The minimum absolute atomic E-state index is 0. The van der Waals surface area contributed by atoms with Gasteiger partial charge >= 0.3 is 6.18 Å². The summed E-state index contributed by atoms with van der Waals surface area (Å²) in [6.45, 7) is 0.365. The highest BCUT2D eigenvalue weighted by molar-refractivity contribution is 5.85. The molecule has 0 aliphatic heterocycles. The van der Waals surface area contributed by atoms with Crippen molar-refractivity contribution < 1.29 is 17.9 Å². The Kier molecular flexibility index (Phi) is 7.70. The van der Waals surface area contributed by atoms with Gasteiger partial charge in [0.05, 0.1) is 10.8 Å². The Balaban J connectivity index is 0.00000312. The Hall–Kier alpha value is -2.28. The van der Waals surface area contributed by atoms with E-state index in [-0.39, 0.29) is 12.4 Å². The summed E-state index contributed by atoms with van der Waals surface area (Å²) in [5.41, 5.74) is 0.146. The second kappa shape index (κ2) is 9.27. The molecule has 0 heterocycles. The zero-order valence-corrected chi connectivity index (χ0v) is 14.3. The van der Waals surface area contributed by atoms with E-state index < -0.39 is 17.8 Å². The van der Waals surface area contributed by atoms with Gasteiger partial charge in [0.2, 0.25) is 0 Å². The summed E-state index contributed by atoms with van der Waals surface area (Å²) in [5, 5.41) is 4.04. The molecule has 0 spiro atoms. The highest BCUT2D eigenvalue weighted by Gasteiger charge is 2.30. The summed E-state index contributed by atoms with van der Waals surface area (Å²) in [6, 6.07) is 13.8. The largest absolute Gasteiger partial charge is 0.486 e. The van der Waals surface area contributed by atoms with E-state index in [1.807, 2.05) is 30.3 Å². The van der Waals surface area contributed by atoms with Crippen LogP contribution in [0.15, 0.2) is 59.9 Å². The summed E-state index contributed by atoms with van der Waals surface area (Å²) in [6.07, 6.45) is -4.31. The van der Waals surface area contributed by atoms with E-state index in [1.165, 1.54) is 17.1 Å². The van der Waals surface area contributed by atoms with Crippen molar-refractivity contribution in [1.82, 2.24) is 5.01 Å². The van der Waals surface area contributed by atoms with Gasteiger partial charge in [0.1, 0.15) is 11.9 Å².